The Morgan fingerprint density at radius 3 is 2.47 bits per heavy atom. The minimum absolute atomic E-state index is 0.0389. The molecule has 2 aliphatic rings. The van der Waals surface area contributed by atoms with Crippen molar-refractivity contribution in [3.05, 3.63) is 71.3 Å². The lowest BCUT2D eigenvalue weighted by molar-refractivity contribution is -0.143. The molecule has 0 radical (unpaired) electrons. The zero-order chi connectivity index (χ0) is 34.1. The summed E-state index contributed by atoms with van der Waals surface area (Å²) < 4.78 is 34.3. The fraction of sp³-hybridized carbons (Fsp3) is 0.583. The summed E-state index contributed by atoms with van der Waals surface area (Å²) in [7, 11) is 0. The van der Waals surface area contributed by atoms with Crippen LogP contribution in [0, 0.1) is 17.6 Å². The molecule has 2 heterocycles. The fourth-order valence-electron chi connectivity index (χ4n) is 7.06. The van der Waals surface area contributed by atoms with Gasteiger partial charge in [-0.1, -0.05) is 51.1 Å². The van der Waals surface area contributed by atoms with E-state index in [0.717, 1.165) is 18.1 Å². The van der Waals surface area contributed by atoms with E-state index < -0.39 is 47.3 Å². The summed E-state index contributed by atoms with van der Waals surface area (Å²) in [5.74, 6) is -2.51. The molecule has 2 saturated heterocycles. The topological polar surface area (TPSA) is 120 Å². The van der Waals surface area contributed by atoms with Crippen molar-refractivity contribution in [1.29, 1.82) is 0 Å². The molecule has 0 bridgehead atoms. The van der Waals surface area contributed by atoms with Crippen molar-refractivity contribution in [3.8, 4) is 0 Å². The molecule has 2 aliphatic heterocycles. The van der Waals surface area contributed by atoms with Gasteiger partial charge >= 0.3 is 0 Å². The highest BCUT2D eigenvalue weighted by molar-refractivity contribution is 5.96. The Morgan fingerprint density at radius 2 is 1.83 bits per heavy atom. The number of amides is 3. The predicted molar refractivity (Wildman–Crippen MR) is 175 cm³/mol. The van der Waals surface area contributed by atoms with Crippen molar-refractivity contribution in [3.63, 3.8) is 0 Å². The van der Waals surface area contributed by atoms with Crippen LogP contribution in [0.2, 0.25) is 0 Å². The molecule has 2 aromatic carbocycles. The number of carbonyl (C=O) groups excluding carboxylic acids is 3. The summed E-state index contributed by atoms with van der Waals surface area (Å²) in [4.78, 5) is 42.3. The number of carbonyl (C=O) groups is 3. The number of likely N-dealkylation sites (tertiary alicyclic amines) is 1. The van der Waals surface area contributed by atoms with Gasteiger partial charge in [0.15, 0.2) is 0 Å². The van der Waals surface area contributed by atoms with E-state index in [0.29, 0.717) is 45.3 Å². The van der Waals surface area contributed by atoms with E-state index in [4.69, 9.17) is 4.74 Å². The van der Waals surface area contributed by atoms with Crippen LogP contribution in [0.4, 0.5) is 8.78 Å². The molecule has 47 heavy (non-hydrogen) atoms. The molecular weight excluding hydrogens is 606 g/mol. The summed E-state index contributed by atoms with van der Waals surface area (Å²) in [6.07, 6.45) is 1.67. The number of aliphatic hydroxyl groups excluding tert-OH is 1. The third-order valence-electron chi connectivity index (χ3n) is 9.06. The van der Waals surface area contributed by atoms with Crippen LogP contribution < -0.4 is 16.0 Å². The first kappa shape index (κ1) is 36.4. The van der Waals surface area contributed by atoms with E-state index in [1.807, 2.05) is 51.1 Å². The summed E-state index contributed by atoms with van der Waals surface area (Å²) in [6, 6.07) is 10.5. The SMILES string of the molecule is CCCO[C@H]1CN[C@@H]([C@@H](O)[C@H](Cc2cc(F)cc(F)c2)NC(=O)C(CCc2ccccc2)N2CCC(CC(C)C)(NC(C)=O)C2=O)C1. The molecule has 2 unspecified atom stereocenters. The number of nitrogens with one attached hydrogen (secondary N) is 3. The predicted octanol–water partition coefficient (Wildman–Crippen LogP) is 3.66. The Morgan fingerprint density at radius 1 is 1.13 bits per heavy atom. The Labute approximate surface area is 276 Å². The van der Waals surface area contributed by atoms with Crippen molar-refractivity contribution in [2.45, 2.75) is 109 Å². The molecule has 3 amide bonds. The molecule has 4 rings (SSSR count). The number of aryl methyl sites for hydroxylation is 1. The monoisotopic (exact) mass is 656 g/mol. The fourth-order valence-corrected chi connectivity index (χ4v) is 7.06. The summed E-state index contributed by atoms with van der Waals surface area (Å²) in [6.45, 7) is 8.74. The normalized spacial score (nSPS) is 23.1. The summed E-state index contributed by atoms with van der Waals surface area (Å²) >= 11 is 0. The van der Waals surface area contributed by atoms with Gasteiger partial charge in [-0.05, 0) is 74.1 Å². The quantitative estimate of drug-likeness (QED) is 0.219. The maximum absolute atomic E-state index is 14.3. The van der Waals surface area contributed by atoms with Crippen LogP contribution in [-0.2, 0) is 32.0 Å². The van der Waals surface area contributed by atoms with Gasteiger partial charge in [0.1, 0.15) is 23.2 Å². The van der Waals surface area contributed by atoms with Gasteiger partial charge in [-0.25, -0.2) is 8.78 Å². The van der Waals surface area contributed by atoms with Crippen molar-refractivity contribution >= 4 is 17.7 Å². The molecule has 0 spiro atoms. The maximum atomic E-state index is 14.3. The van der Waals surface area contributed by atoms with Crippen LogP contribution in [0.3, 0.4) is 0 Å². The van der Waals surface area contributed by atoms with Gasteiger partial charge in [0, 0.05) is 38.7 Å². The second-order valence-corrected chi connectivity index (χ2v) is 13.5. The minimum Gasteiger partial charge on any atom is -0.389 e. The number of hydrogen-bond donors (Lipinski definition) is 4. The molecule has 2 aromatic rings. The average molecular weight is 657 g/mol. The first-order valence-corrected chi connectivity index (χ1v) is 16.8. The number of nitrogens with zero attached hydrogens (tertiary/aromatic N) is 1. The number of hydrogen-bond acceptors (Lipinski definition) is 6. The highest BCUT2D eigenvalue weighted by Crippen LogP contribution is 2.32. The van der Waals surface area contributed by atoms with E-state index in [-0.39, 0.29) is 42.4 Å². The molecule has 11 heteroatoms. The van der Waals surface area contributed by atoms with Crippen LogP contribution in [0.1, 0.15) is 70.9 Å². The van der Waals surface area contributed by atoms with Crippen LogP contribution in [-0.4, -0.2) is 83.3 Å². The number of benzene rings is 2. The number of halogens is 2. The molecule has 9 nitrogen and oxygen atoms in total. The van der Waals surface area contributed by atoms with E-state index in [9.17, 15) is 28.3 Å². The minimum atomic E-state index is -1.12. The molecule has 2 fully saturated rings. The number of ether oxygens (including phenoxy) is 1. The van der Waals surface area contributed by atoms with Crippen LogP contribution in [0.15, 0.2) is 48.5 Å². The molecule has 0 saturated carbocycles. The van der Waals surface area contributed by atoms with Gasteiger partial charge in [-0.3, -0.25) is 14.4 Å². The van der Waals surface area contributed by atoms with Gasteiger partial charge in [0.2, 0.25) is 17.7 Å². The van der Waals surface area contributed by atoms with Crippen LogP contribution >= 0.6 is 0 Å². The van der Waals surface area contributed by atoms with Gasteiger partial charge in [0.25, 0.3) is 0 Å². The number of aliphatic hydroxyl groups is 1. The maximum Gasteiger partial charge on any atom is 0.249 e. The standard InChI is InChI=1S/C36H50F2N4O5/c1-5-15-47-29-20-30(39-22-29)33(44)31(18-26-16-27(37)19-28(38)17-26)40-34(45)32(12-11-25-9-7-6-8-10-25)42-14-13-36(35(42)46,21-23(2)3)41-24(4)43/h6-10,16-17,19,23,29-33,39,44H,5,11-15,18,20-22H2,1-4H3,(H,40,45)(H,41,43)/t29-,30-,31+,32?,33-,36?/m1/s1. The van der Waals surface area contributed by atoms with Crippen molar-refractivity contribution < 1.29 is 33.0 Å². The third-order valence-corrected chi connectivity index (χ3v) is 9.06. The number of rotatable bonds is 16. The van der Waals surface area contributed by atoms with E-state index in [1.54, 1.807) is 4.90 Å². The lowest BCUT2D eigenvalue weighted by Gasteiger charge is -2.35. The Hall–Kier alpha value is -3.41. The third kappa shape index (κ3) is 9.81. The van der Waals surface area contributed by atoms with Crippen LogP contribution in [0.25, 0.3) is 0 Å². The lowest BCUT2D eigenvalue weighted by atomic mass is 9.87. The Balaban J connectivity index is 1.62. The summed E-state index contributed by atoms with van der Waals surface area (Å²) in [5.41, 5.74) is 0.153. The second-order valence-electron chi connectivity index (χ2n) is 13.5. The largest absolute Gasteiger partial charge is 0.389 e. The lowest BCUT2D eigenvalue weighted by Crippen LogP contribution is -2.59. The Bertz CT molecular complexity index is 1340. The first-order valence-electron chi connectivity index (χ1n) is 16.8. The van der Waals surface area contributed by atoms with E-state index >= 15 is 0 Å². The zero-order valence-corrected chi connectivity index (χ0v) is 27.9. The van der Waals surface area contributed by atoms with Gasteiger partial charge in [-0.2, -0.15) is 0 Å². The Kier molecular flexibility index (Phi) is 12.9. The molecule has 0 aliphatic carbocycles. The molecule has 6 atom stereocenters. The van der Waals surface area contributed by atoms with Gasteiger partial charge in [-0.15, -0.1) is 0 Å². The highest BCUT2D eigenvalue weighted by Gasteiger charge is 2.50. The van der Waals surface area contributed by atoms with Crippen molar-refractivity contribution in [2.24, 2.45) is 5.92 Å². The van der Waals surface area contributed by atoms with E-state index in [1.165, 1.54) is 19.1 Å². The molecule has 0 aromatic heterocycles. The summed E-state index contributed by atoms with van der Waals surface area (Å²) in [5, 5.41) is 20.8. The van der Waals surface area contributed by atoms with Gasteiger partial charge in [0.05, 0.1) is 18.2 Å². The average Bonchev–Trinajstić information content (AvgIpc) is 3.60. The molecular formula is C36H50F2N4O5. The zero-order valence-electron chi connectivity index (χ0n) is 27.9. The van der Waals surface area contributed by atoms with Crippen molar-refractivity contribution in [2.75, 3.05) is 19.7 Å². The first-order chi connectivity index (χ1) is 22.4. The molecule has 258 valence electrons. The van der Waals surface area contributed by atoms with Crippen LogP contribution in [0.5, 0.6) is 0 Å². The smallest absolute Gasteiger partial charge is 0.249 e. The highest BCUT2D eigenvalue weighted by atomic mass is 19.1. The van der Waals surface area contributed by atoms with E-state index in [2.05, 4.69) is 16.0 Å². The van der Waals surface area contributed by atoms with Gasteiger partial charge < -0.3 is 30.7 Å². The van der Waals surface area contributed by atoms with Crippen molar-refractivity contribution in [1.82, 2.24) is 20.9 Å². The molecule has 4 N–H and O–H groups in total. The second kappa shape index (κ2) is 16.6.